The Balaban J connectivity index is 3.08. The summed E-state index contributed by atoms with van der Waals surface area (Å²) in [4.78, 5) is 15.3. The Morgan fingerprint density at radius 2 is 2.15 bits per heavy atom. The number of allylic oxidation sites excluding steroid dienone is 1. The van der Waals surface area contributed by atoms with E-state index >= 15 is 0 Å². The Hall–Kier alpha value is -1.47. The van der Waals surface area contributed by atoms with E-state index in [9.17, 15) is 10.1 Å². The molecule has 7 nitrogen and oxygen atoms in total. The highest BCUT2D eigenvalue weighted by molar-refractivity contribution is 5.81. The van der Waals surface area contributed by atoms with Crippen molar-refractivity contribution in [3.05, 3.63) is 21.5 Å². The van der Waals surface area contributed by atoms with Gasteiger partial charge >= 0.3 is 5.70 Å². The van der Waals surface area contributed by atoms with Crippen LogP contribution in [-0.4, -0.2) is 28.0 Å². The van der Waals surface area contributed by atoms with Gasteiger partial charge < -0.3 is 0 Å². The van der Waals surface area contributed by atoms with Crippen molar-refractivity contribution in [3.63, 3.8) is 0 Å². The molecule has 0 saturated carbocycles. The van der Waals surface area contributed by atoms with E-state index in [0.29, 0.717) is 18.0 Å². The second-order valence-electron chi connectivity index (χ2n) is 5.34. The van der Waals surface area contributed by atoms with Crippen molar-refractivity contribution in [1.29, 1.82) is 0 Å². The first-order chi connectivity index (χ1) is 9.38. The SMILES string of the molecule is CCCCCC1=C([N+](=O)[O-])C(NC(C)C)N(N)C(C)=N1. The predicted molar refractivity (Wildman–Crippen MR) is 79.4 cm³/mol. The zero-order valence-electron chi connectivity index (χ0n) is 12.7. The van der Waals surface area contributed by atoms with Crippen molar-refractivity contribution in [2.24, 2.45) is 10.8 Å². The summed E-state index contributed by atoms with van der Waals surface area (Å²) in [5.41, 5.74) is 0.615. The molecule has 0 amide bonds. The molecule has 0 saturated heterocycles. The fraction of sp³-hybridized carbons (Fsp3) is 0.769. The van der Waals surface area contributed by atoms with Gasteiger partial charge in [-0.25, -0.2) is 10.8 Å². The number of aliphatic imine (C=N–C) groups is 1. The molecule has 0 fully saturated rings. The molecule has 0 aromatic heterocycles. The van der Waals surface area contributed by atoms with Crippen LogP contribution in [0.2, 0.25) is 0 Å². The molecule has 114 valence electrons. The summed E-state index contributed by atoms with van der Waals surface area (Å²) < 4.78 is 0. The molecule has 1 aliphatic heterocycles. The molecule has 1 unspecified atom stereocenters. The Morgan fingerprint density at radius 3 is 2.65 bits per heavy atom. The topological polar surface area (TPSA) is 96.8 Å². The molecule has 0 aromatic carbocycles. The third-order valence-electron chi connectivity index (χ3n) is 3.21. The third kappa shape index (κ3) is 4.01. The molecule has 3 N–H and O–H groups in total. The van der Waals surface area contributed by atoms with Gasteiger partial charge in [-0.1, -0.05) is 19.8 Å². The van der Waals surface area contributed by atoms with Crippen molar-refractivity contribution < 1.29 is 4.92 Å². The van der Waals surface area contributed by atoms with Crippen LogP contribution in [0.4, 0.5) is 0 Å². The van der Waals surface area contributed by atoms with Gasteiger partial charge in [-0.05, 0) is 33.6 Å². The minimum Gasteiger partial charge on any atom is -0.285 e. The third-order valence-corrected chi connectivity index (χ3v) is 3.21. The van der Waals surface area contributed by atoms with E-state index in [2.05, 4.69) is 17.2 Å². The van der Waals surface area contributed by atoms with E-state index in [1.807, 2.05) is 13.8 Å². The van der Waals surface area contributed by atoms with Crippen LogP contribution >= 0.6 is 0 Å². The van der Waals surface area contributed by atoms with Crippen LogP contribution in [0.15, 0.2) is 16.4 Å². The van der Waals surface area contributed by atoms with Gasteiger partial charge in [0.2, 0.25) is 0 Å². The molecular formula is C13H25N5O2. The van der Waals surface area contributed by atoms with E-state index in [4.69, 9.17) is 5.84 Å². The fourth-order valence-electron chi connectivity index (χ4n) is 2.19. The smallest absolute Gasteiger partial charge is 0.285 e. The van der Waals surface area contributed by atoms with Crippen LogP contribution in [-0.2, 0) is 0 Å². The normalized spacial score (nSPS) is 19.6. The lowest BCUT2D eigenvalue weighted by Gasteiger charge is -2.32. The molecule has 1 atom stereocenters. The summed E-state index contributed by atoms with van der Waals surface area (Å²) in [6.07, 6.45) is 3.00. The summed E-state index contributed by atoms with van der Waals surface area (Å²) in [6.45, 7) is 7.74. The van der Waals surface area contributed by atoms with Gasteiger partial charge in [-0.2, -0.15) is 0 Å². The molecule has 0 aromatic rings. The van der Waals surface area contributed by atoms with Gasteiger partial charge in [-0.15, -0.1) is 0 Å². The number of nitrogens with one attached hydrogen (secondary N) is 1. The van der Waals surface area contributed by atoms with Gasteiger partial charge in [0, 0.05) is 6.04 Å². The number of unbranched alkanes of at least 4 members (excludes halogenated alkanes) is 2. The number of amidine groups is 1. The Labute approximate surface area is 120 Å². The number of hydrogen-bond acceptors (Lipinski definition) is 6. The molecule has 1 rings (SSSR count). The van der Waals surface area contributed by atoms with Crippen LogP contribution < -0.4 is 11.2 Å². The lowest BCUT2D eigenvalue weighted by molar-refractivity contribution is -0.435. The highest BCUT2D eigenvalue weighted by Gasteiger charge is 2.37. The number of rotatable bonds is 7. The van der Waals surface area contributed by atoms with E-state index in [1.165, 1.54) is 5.01 Å². The minimum absolute atomic E-state index is 0.0721. The van der Waals surface area contributed by atoms with Crippen LogP contribution in [0, 0.1) is 10.1 Å². The summed E-state index contributed by atoms with van der Waals surface area (Å²) in [5.74, 6) is 6.51. The Bertz CT molecular complexity index is 417. The number of nitro groups is 1. The Morgan fingerprint density at radius 1 is 1.50 bits per heavy atom. The molecule has 0 radical (unpaired) electrons. The highest BCUT2D eigenvalue weighted by atomic mass is 16.6. The van der Waals surface area contributed by atoms with Crippen molar-refractivity contribution in [3.8, 4) is 0 Å². The first-order valence-corrected chi connectivity index (χ1v) is 7.11. The van der Waals surface area contributed by atoms with E-state index < -0.39 is 6.17 Å². The predicted octanol–water partition coefficient (Wildman–Crippen LogP) is 1.99. The zero-order valence-corrected chi connectivity index (χ0v) is 12.7. The fourth-order valence-corrected chi connectivity index (χ4v) is 2.19. The first kappa shape index (κ1) is 16.6. The molecular weight excluding hydrogens is 258 g/mol. The summed E-state index contributed by atoms with van der Waals surface area (Å²) in [6, 6.07) is 0.0868. The Kier molecular flexibility index (Phi) is 6.09. The van der Waals surface area contributed by atoms with E-state index in [-0.39, 0.29) is 16.7 Å². The molecule has 20 heavy (non-hydrogen) atoms. The lowest BCUT2D eigenvalue weighted by atomic mass is 10.1. The maximum Gasteiger partial charge on any atom is 0.305 e. The van der Waals surface area contributed by atoms with Crippen molar-refractivity contribution in [2.75, 3.05) is 0 Å². The zero-order chi connectivity index (χ0) is 15.3. The number of hydrogen-bond donors (Lipinski definition) is 2. The second-order valence-corrected chi connectivity index (χ2v) is 5.34. The maximum absolute atomic E-state index is 11.4. The molecule has 1 heterocycles. The maximum atomic E-state index is 11.4. The average Bonchev–Trinajstić information content (AvgIpc) is 2.34. The van der Waals surface area contributed by atoms with E-state index in [0.717, 1.165) is 19.3 Å². The average molecular weight is 283 g/mol. The van der Waals surface area contributed by atoms with Crippen molar-refractivity contribution >= 4 is 5.84 Å². The standard InChI is InChI=1S/C13H25N5O2/c1-5-6-7-8-11-12(18(19)20)13(15-9(2)3)17(14)10(4)16-11/h9,13,15H,5-8,14H2,1-4H3. The molecule has 7 heteroatoms. The highest BCUT2D eigenvalue weighted by Crippen LogP contribution is 2.24. The summed E-state index contributed by atoms with van der Waals surface area (Å²) in [5, 5.41) is 15.9. The van der Waals surface area contributed by atoms with Crippen LogP contribution in [0.25, 0.3) is 0 Å². The van der Waals surface area contributed by atoms with Gasteiger partial charge in [0.15, 0.2) is 6.17 Å². The number of nitrogens with two attached hydrogens (primary N) is 1. The molecule has 0 aliphatic carbocycles. The van der Waals surface area contributed by atoms with Crippen LogP contribution in [0.3, 0.4) is 0 Å². The number of nitrogens with zero attached hydrogens (tertiary/aromatic N) is 3. The minimum atomic E-state index is -0.626. The quantitative estimate of drug-likeness (QED) is 0.322. The van der Waals surface area contributed by atoms with Gasteiger partial charge in [0.25, 0.3) is 0 Å². The number of hydrazine groups is 1. The summed E-state index contributed by atoms with van der Waals surface area (Å²) in [7, 11) is 0. The monoisotopic (exact) mass is 283 g/mol. The largest absolute Gasteiger partial charge is 0.305 e. The lowest BCUT2D eigenvalue weighted by Crippen LogP contribution is -2.57. The van der Waals surface area contributed by atoms with Crippen LogP contribution in [0.1, 0.15) is 53.4 Å². The second kappa shape index (κ2) is 7.35. The van der Waals surface area contributed by atoms with E-state index in [1.54, 1.807) is 6.92 Å². The van der Waals surface area contributed by atoms with Gasteiger partial charge in [-0.3, -0.25) is 20.4 Å². The van der Waals surface area contributed by atoms with Gasteiger partial charge in [0.1, 0.15) is 11.5 Å². The molecule has 0 spiro atoms. The summed E-state index contributed by atoms with van der Waals surface area (Å²) >= 11 is 0. The van der Waals surface area contributed by atoms with Crippen molar-refractivity contribution in [1.82, 2.24) is 10.3 Å². The molecule has 1 aliphatic rings. The van der Waals surface area contributed by atoms with Crippen molar-refractivity contribution in [2.45, 2.75) is 65.6 Å². The molecule has 0 bridgehead atoms. The van der Waals surface area contributed by atoms with Gasteiger partial charge in [0.05, 0.1) is 4.92 Å². The first-order valence-electron chi connectivity index (χ1n) is 7.11. The van der Waals surface area contributed by atoms with Crippen LogP contribution in [0.5, 0.6) is 0 Å².